The van der Waals surface area contributed by atoms with Gasteiger partial charge in [-0.1, -0.05) is 5.16 Å². The molecule has 2 heterocycles. The summed E-state index contributed by atoms with van der Waals surface area (Å²) in [7, 11) is 0. The lowest BCUT2D eigenvalue weighted by molar-refractivity contribution is 0.0803. The van der Waals surface area contributed by atoms with E-state index in [2.05, 4.69) is 15.1 Å². The fourth-order valence-corrected chi connectivity index (χ4v) is 1.96. The molecule has 1 atom stereocenters. The van der Waals surface area contributed by atoms with E-state index in [1.807, 2.05) is 24.8 Å². The van der Waals surface area contributed by atoms with Crippen LogP contribution in [-0.2, 0) is 4.74 Å². The molecule has 1 unspecified atom stereocenters. The average molecular weight is 251 g/mol. The van der Waals surface area contributed by atoms with Gasteiger partial charge in [-0.2, -0.15) is 0 Å². The number of hydrogen-bond acceptors (Lipinski definition) is 6. The highest BCUT2D eigenvalue weighted by Gasteiger charge is 2.25. The Bertz CT molecular complexity index is 442. The molecule has 1 saturated heterocycles. The Kier molecular flexibility index (Phi) is 3.61. The molecule has 1 aliphatic heterocycles. The molecule has 1 aliphatic rings. The molecule has 2 rings (SSSR count). The summed E-state index contributed by atoms with van der Waals surface area (Å²) in [6.07, 6.45) is -0.403. The van der Waals surface area contributed by atoms with E-state index in [1.165, 1.54) is 0 Å². The molecule has 1 aromatic rings. The molecule has 7 nitrogen and oxygen atoms in total. The van der Waals surface area contributed by atoms with Crippen LogP contribution in [-0.4, -0.2) is 46.8 Å². The molecule has 3 N–H and O–H groups in total. The molecule has 1 aromatic heterocycles. The largest absolute Gasteiger partial charge is 0.409 e. The van der Waals surface area contributed by atoms with Crippen molar-refractivity contribution in [1.82, 2.24) is 9.97 Å². The van der Waals surface area contributed by atoms with E-state index in [1.54, 1.807) is 0 Å². The van der Waals surface area contributed by atoms with Gasteiger partial charge < -0.3 is 20.6 Å². The van der Waals surface area contributed by atoms with Gasteiger partial charge in [0.25, 0.3) is 0 Å². The van der Waals surface area contributed by atoms with Gasteiger partial charge in [0.05, 0.1) is 13.2 Å². The summed E-state index contributed by atoms with van der Waals surface area (Å²) in [6, 6.07) is 1.92. The Morgan fingerprint density at radius 3 is 3.00 bits per heavy atom. The maximum absolute atomic E-state index is 8.67. The molecular weight excluding hydrogens is 234 g/mol. The van der Waals surface area contributed by atoms with E-state index < -0.39 is 6.10 Å². The number of amidine groups is 1. The second kappa shape index (κ2) is 5.18. The summed E-state index contributed by atoms with van der Waals surface area (Å²) in [4.78, 5) is 10.7. The number of nitrogens with zero attached hydrogens (tertiary/aromatic N) is 4. The van der Waals surface area contributed by atoms with Gasteiger partial charge in [-0.05, 0) is 13.8 Å². The molecule has 0 radical (unpaired) electrons. The zero-order valence-corrected chi connectivity index (χ0v) is 10.5. The summed E-state index contributed by atoms with van der Waals surface area (Å²) in [5.41, 5.74) is 6.48. The molecule has 1 fully saturated rings. The van der Waals surface area contributed by atoms with E-state index >= 15 is 0 Å². The zero-order valence-electron chi connectivity index (χ0n) is 10.5. The lowest BCUT2D eigenvalue weighted by Crippen LogP contribution is -2.48. The Morgan fingerprint density at radius 2 is 2.33 bits per heavy atom. The van der Waals surface area contributed by atoms with Crippen molar-refractivity contribution >= 4 is 11.7 Å². The first-order valence-electron chi connectivity index (χ1n) is 5.76. The van der Waals surface area contributed by atoms with Crippen molar-refractivity contribution < 1.29 is 9.94 Å². The number of rotatable bonds is 2. The molecular formula is C11H17N5O2. The van der Waals surface area contributed by atoms with Crippen LogP contribution in [0.4, 0.5) is 5.82 Å². The van der Waals surface area contributed by atoms with Crippen LogP contribution in [0.1, 0.15) is 11.5 Å². The maximum atomic E-state index is 8.67. The fraction of sp³-hybridized carbons (Fsp3) is 0.545. The van der Waals surface area contributed by atoms with Crippen molar-refractivity contribution in [2.75, 3.05) is 24.6 Å². The normalized spacial score (nSPS) is 21.1. The Labute approximate surface area is 105 Å². The Balaban J connectivity index is 2.18. The summed E-state index contributed by atoms with van der Waals surface area (Å²) in [5.74, 6) is 1.66. The van der Waals surface area contributed by atoms with Crippen molar-refractivity contribution in [3.63, 3.8) is 0 Å². The smallest absolute Gasteiger partial charge is 0.170 e. The third kappa shape index (κ3) is 2.67. The lowest BCUT2D eigenvalue weighted by Gasteiger charge is -2.33. The van der Waals surface area contributed by atoms with Crippen LogP contribution in [0, 0.1) is 13.8 Å². The van der Waals surface area contributed by atoms with Crippen molar-refractivity contribution in [2.45, 2.75) is 20.0 Å². The first kappa shape index (κ1) is 12.6. The number of ether oxygens (including phenoxy) is 1. The van der Waals surface area contributed by atoms with E-state index in [9.17, 15) is 0 Å². The number of oxime groups is 1. The predicted octanol–water partition coefficient (Wildman–Crippen LogP) is 0.0450. The quantitative estimate of drug-likeness (QED) is 0.333. The first-order valence-corrected chi connectivity index (χ1v) is 5.76. The van der Waals surface area contributed by atoms with Crippen LogP contribution in [0.25, 0.3) is 0 Å². The minimum atomic E-state index is -0.403. The highest BCUT2D eigenvalue weighted by atomic mass is 16.5. The van der Waals surface area contributed by atoms with E-state index in [4.69, 9.17) is 15.7 Å². The van der Waals surface area contributed by atoms with Gasteiger partial charge in [-0.3, -0.25) is 0 Å². The zero-order chi connectivity index (χ0) is 13.1. The molecule has 0 bridgehead atoms. The van der Waals surface area contributed by atoms with Gasteiger partial charge in [0, 0.05) is 18.3 Å². The number of hydrogen-bond donors (Lipinski definition) is 2. The lowest BCUT2D eigenvalue weighted by atomic mass is 10.2. The van der Waals surface area contributed by atoms with Gasteiger partial charge in [0.2, 0.25) is 0 Å². The van der Waals surface area contributed by atoms with Crippen LogP contribution in [0.2, 0.25) is 0 Å². The van der Waals surface area contributed by atoms with E-state index in [0.717, 1.165) is 23.9 Å². The summed E-state index contributed by atoms with van der Waals surface area (Å²) >= 11 is 0. The number of morpholine rings is 1. The molecule has 0 aliphatic carbocycles. The minimum absolute atomic E-state index is 0.0854. The van der Waals surface area contributed by atoms with Gasteiger partial charge >= 0.3 is 0 Å². The van der Waals surface area contributed by atoms with Gasteiger partial charge in [-0.15, -0.1) is 0 Å². The fourth-order valence-electron chi connectivity index (χ4n) is 1.96. The highest BCUT2D eigenvalue weighted by Crippen LogP contribution is 2.16. The SMILES string of the molecule is Cc1cc(N2CCOC(C(N)=NO)C2)nc(C)n1. The van der Waals surface area contributed by atoms with Gasteiger partial charge in [-0.25, -0.2) is 9.97 Å². The monoisotopic (exact) mass is 251 g/mol. The Hall–Kier alpha value is -1.89. The molecule has 7 heteroatoms. The summed E-state index contributed by atoms with van der Waals surface area (Å²) < 4.78 is 5.44. The van der Waals surface area contributed by atoms with Crippen molar-refractivity contribution in [2.24, 2.45) is 10.9 Å². The summed E-state index contributed by atoms with van der Waals surface area (Å²) in [5, 5.41) is 11.7. The number of aryl methyl sites for hydroxylation is 2. The van der Waals surface area contributed by atoms with Gasteiger partial charge in [0.15, 0.2) is 5.84 Å². The average Bonchev–Trinajstić information content (AvgIpc) is 2.37. The minimum Gasteiger partial charge on any atom is -0.409 e. The van der Waals surface area contributed by atoms with E-state index in [-0.39, 0.29) is 5.84 Å². The Morgan fingerprint density at radius 1 is 1.56 bits per heavy atom. The van der Waals surface area contributed by atoms with Crippen molar-refractivity contribution in [1.29, 1.82) is 0 Å². The number of nitrogens with two attached hydrogens (primary N) is 1. The van der Waals surface area contributed by atoms with Crippen LogP contribution >= 0.6 is 0 Å². The second-order valence-electron chi connectivity index (χ2n) is 4.25. The third-order valence-corrected chi connectivity index (χ3v) is 2.79. The molecule has 0 spiro atoms. The topological polar surface area (TPSA) is 96.9 Å². The summed E-state index contributed by atoms with van der Waals surface area (Å²) in [6.45, 7) is 5.55. The number of anilines is 1. The van der Waals surface area contributed by atoms with Crippen LogP contribution < -0.4 is 10.6 Å². The first-order chi connectivity index (χ1) is 8.60. The molecule has 18 heavy (non-hydrogen) atoms. The predicted molar refractivity (Wildman–Crippen MR) is 66.9 cm³/mol. The van der Waals surface area contributed by atoms with Gasteiger partial charge in [0.1, 0.15) is 17.7 Å². The molecule has 0 aromatic carbocycles. The second-order valence-corrected chi connectivity index (χ2v) is 4.25. The van der Waals surface area contributed by atoms with Crippen LogP contribution in [0.3, 0.4) is 0 Å². The maximum Gasteiger partial charge on any atom is 0.170 e. The van der Waals surface area contributed by atoms with Crippen LogP contribution in [0.5, 0.6) is 0 Å². The third-order valence-electron chi connectivity index (χ3n) is 2.79. The molecule has 0 amide bonds. The molecule has 0 saturated carbocycles. The van der Waals surface area contributed by atoms with E-state index in [0.29, 0.717) is 13.2 Å². The highest BCUT2D eigenvalue weighted by molar-refractivity contribution is 5.85. The number of aromatic nitrogens is 2. The molecule has 98 valence electrons. The van der Waals surface area contributed by atoms with Crippen LogP contribution in [0.15, 0.2) is 11.2 Å². The standard InChI is InChI=1S/C11H17N5O2/c1-7-5-10(14-8(2)13-7)16-3-4-18-9(6-16)11(12)15-17/h5,9,17H,3-4,6H2,1-2H3,(H2,12,15). The van der Waals surface area contributed by atoms with Crippen molar-refractivity contribution in [3.8, 4) is 0 Å². The van der Waals surface area contributed by atoms with Crippen molar-refractivity contribution in [3.05, 3.63) is 17.6 Å².